The Morgan fingerprint density at radius 2 is 0.603 bits per heavy atom. The van der Waals surface area contributed by atoms with E-state index in [4.69, 9.17) is 14.2 Å². The molecule has 0 aliphatic carbocycles. The Morgan fingerprint density at radius 3 is 0.897 bits per heavy atom. The zero-order chi connectivity index (χ0) is 42.4. The molecule has 0 N–H and O–H groups in total. The highest BCUT2D eigenvalue weighted by Gasteiger charge is 2.19. The van der Waals surface area contributed by atoms with Crippen LogP contribution in [0.1, 0.15) is 291 Å². The van der Waals surface area contributed by atoms with Crippen LogP contribution in [0.5, 0.6) is 0 Å². The van der Waals surface area contributed by atoms with Gasteiger partial charge in [-0.15, -0.1) is 0 Å². The Labute approximate surface area is 361 Å². The van der Waals surface area contributed by atoms with Gasteiger partial charge < -0.3 is 14.2 Å². The molecule has 0 fully saturated rings. The molecule has 58 heavy (non-hydrogen) atoms. The summed E-state index contributed by atoms with van der Waals surface area (Å²) in [4.78, 5) is 37.9. The first-order chi connectivity index (χ1) is 28.4. The molecule has 0 heterocycles. The second-order valence-corrected chi connectivity index (χ2v) is 18.1. The molecule has 0 aromatic heterocycles. The van der Waals surface area contributed by atoms with Crippen molar-refractivity contribution >= 4 is 17.9 Å². The van der Waals surface area contributed by atoms with Gasteiger partial charge in [0.25, 0.3) is 0 Å². The summed E-state index contributed by atoms with van der Waals surface area (Å²) in [6.45, 7) is 9.03. The minimum absolute atomic E-state index is 0.0629. The first-order valence-corrected chi connectivity index (χ1v) is 25.9. The van der Waals surface area contributed by atoms with E-state index in [9.17, 15) is 14.4 Å². The lowest BCUT2D eigenvalue weighted by Gasteiger charge is -2.18. The van der Waals surface area contributed by atoms with Crippen LogP contribution in [0.2, 0.25) is 0 Å². The second kappa shape index (κ2) is 46.5. The number of carbonyl (C=O) groups is 3. The fraction of sp³-hybridized carbons (Fsp3) is 0.942. The number of hydrogen-bond donors (Lipinski definition) is 0. The van der Waals surface area contributed by atoms with Crippen molar-refractivity contribution < 1.29 is 28.6 Å². The summed E-state index contributed by atoms with van der Waals surface area (Å²) in [5.41, 5.74) is 0. The smallest absolute Gasteiger partial charge is 0.306 e. The Bertz CT molecular complexity index is 874. The fourth-order valence-electron chi connectivity index (χ4n) is 7.83. The van der Waals surface area contributed by atoms with Crippen LogP contribution in [-0.4, -0.2) is 37.2 Å². The summed E-state index contributed by atoms with van der Waals surface area (Å²) >= 11 is 0. The van der Waals surface area contributed by atoms with E-state index in [1.807, 2.05) is 0 Å². The average molecular weight is 821 g/mol. The summed E-state index contributed by atoms with van der Waals surface area (Å²) in [6, 6.07) is 0. The van der Waals surface area contributed by atoms with E-state index in [1.54, 1.807) is 0 Å². The van der Waals surface area contributed by atoms with Gasteiger partial charge >= 0.3 is 17.9 Å². The molecule has 0 aromatic rings. The van der Waals surface area contributed by atoms with Crippen LogP contribution in [0.15, 0.2) is 0 Å². The third kappa shape index (κ3) is 44.0. The third-order valence-electron chi connectivity index (χ3n) is 12.2. The summed E-state index contributed by atoms with van der Waals surface area (Å²) in [7, 11) is 0. The van der Waals surface area contributed by atoms with Gasteiger partial charge in [0.2, 0.25) is 0 Å². The van der Waals surface area contributed by atoms with Gasteiger partial charge in [-0.05, 0) is 25.2 Å². The molecule has 6 nitrogen and oxygen atoms in total. The quantitative estimate of drug-likeness (QED) is 0.0346. The molecular weight excluding hydrogens is 721 g/mol. The lowest BCUT2D eigenvalue weighted by atomic mass is 9.99. The molecule has 0 saturated heterocycles. The van der Waals surface area contributed by atoms with E-state index in [1.165, 1.54) is 186 Å². The van der Waals surface area contributed by atoms with Gasteiger partial charge in [-0.25, -0.2) is 0 Å². The van der Waals surface area contributed by atoms with Crippen LogP contribution < -0.4 is 0 Å². The molecule has 0 aliphatic heterocycles. The molecular formula is C52H100O6. The van der Waals surface area contributed by atoms with Crippen molar-refractivity contribution in [2.24, 2.45) is 5.92 Å². The van der Waals surface area contributed by atoms with Crippen molar-refractivity contribution in [2.45, 2.75) is 297 Å². The number of hydrogen-bond acceptors (Lipinski definition) is 6. The highest BCUT2D eigenvalue weighted by molar-refractivity contribution is 5.71. The van der Waals surface area contributed by atoms with E-state index in [2.05, 4.69) is 27.7 Å². The van der Waals surface area contributed by atoms with Gasteiger partial charge in [-0.2, -0.15) is 0 Å². The average Bonchev–Trinajstić information content (AvgIpc) is 3.22. The summed E-state index contributed by atoms with van der Waals surface area (Å²) in [6.07, 6.45) is 47.9. The first-order valence-electron chi connectivity index (χ1n) is 25.9. The van der Waals surface area contributed by atoms with Crippen molar-refractivity contribution in [3.8, 4) is 0 Å². The van der Waals surface area contributed by atoms with Crippen LogP contribution in [0.4, 0.5) is 0 Å². The first kappa shape index (κ1) is 56.4. The third-order valence-corrected chi connectivity index (χ3v) is 12.2. The molecule has 0 saturated carbocycles. The standard InChI is InChI=1S/C52H100O6/c1-5-8-10-12-14-16-18-20-22-24-26-31-35-39-43-50(53)56-46-49(47-57-51(54)44-40-36-32-29-28-30-34-38-42-48(4)7-3)58-52(55)45-41-37-33-27-25-23-21-19-17-15-13-11-9-6-2/h48-49H,5-47H2,1-4H3/t48?,49-/m1/s1. The van der Waals surface area contributed by atoms with E-state index in [0.717, 1.165) is 63.7 Å². The van der Waals surface area contributed by atoms with Crippen LogP contribution in [0.3, 0.4) is 0 Å². The van der Waals surface area contributed by atoms with Crippen LogP contribution in [-0.2, 0) is 28.6 Å². The minimum Gasteiger partial charge on any atom is -0.462 e. The topological polar surface area (TPSA) is 78.9 Å². The molecule has 0 aromatic carbocycles. The minimum atomic E-state index is -0.760. The molecule has 2 atom stereocenters. The van der Waals surface area contributed by atoms with Crippen molar-refractivity contribution in [1.82, 2.24) is 0 Å². The van der Waals surface area contributed by atoms with E-state index in [-0.39, 0.29) is 31.1 Å². The largest absolute Gasteiger partial charge is 0.462 e. The maximum atomic E-state index is 12.8. The number of carbonyl (C=O) groups excluding carboxylic acids is 3. The summed E-state index contributed by atoms with van der Waals surface area (Å²) in [5.74, 6) is 0.00282. The zero-order valence-corrected chi connectivity index (χ0v) is 39.5. The lowest BCUT2D eigenvalue weighted by molar-refractivity contribution is -0.167. The maximum absolute atomic E-state index is 12.8. The molecule has 0 bridgehead atoms. The molecule has 0 spiro atoms. The Morgan fingerprint density at radius 1 is 0.345 bits per heavy atom. The number of unbranched alkanes of at least 4 members (excludes halogenated alkanes) is 33. The zero-order valence-electron chi connectivity index (χ0n) is 39.5. The normalized spacial score (nSPS) is 12.4. The Kier molecular flexibility index (Phi) is 45.2. The highest BCUT2D eigenvalue weighted by atomic mass is 16.6. The van der Waals surface area contributed by atoms with E-state index >= 15 is 0 Å². The van der Waals surface area contributed by atoms with Crippen LogP contribution >= 0.6 is 0 Å². The summed E-state index contributed by atoms with van der Waals surface area (Å²) in [5, 5.41) is 0. The highest BCUT2D eigenvalue weighted by Crippen LogP contribution is 2.17. The van der Waals surface area contributed by atoms with Crippen LogP contribution in [0.25, 0.3) is 0 Å². The Balaban J connectivity index is 4.32. The van der Waals surface area contributed by atoms with Gasteiger partial charge in [0.15, 0.2) is 6.10 Å². The number of ether oxygens (including phenoxy) is 3. The fourth-order valence-corrected chi connectivity index (χ4v) is 7.83. The molecule has 0 amide bonds. The molecule has 0 aliphatic rings. The molecule has 1 unspecified atom stereocenters. The van der Waals surface area contributed by atoms with Crippen LogP contribution in [0, 0.1) is 5.92 Å². The Hall–Kier alpha value is -1.59. The van der Waals surface area contributed by atoms with Gasteiger partial charge in [0.1, 0.15) is 13.2 Å². The number of esters is 3. The second-order valence-electron chi connectivity index (χ2n) is 18.1. The maximum Gasteiger partial charge on any atom is 0.306 e. The van der Waals surface area contributed by atoms with Gasteiger partial charge in [-0.1, -0.05) is 252 Å². The molecule has 0 radical (unpaired) electrons. The monoisotopic (exact) mass is 821 g/mol. The summed E-state index contributed by atoms with van der Waals surface area (Å²) < 4.78 is 16.8. The molecule has 6 heteroatoms. The van der Waals surface area contributed by atoms with Gasteiger partial charge in [0, 0.05) is 19.3 Å². The predicted molar refractivity (Wildman–Crippen MR) is 247 cm³/mol. The predicted octanol–water partition coefficient (Wildman–Crippen LogP) is 16.7. The van der Waals surface area contributed by atoms with E-state index in [0.29, 0.717) is 19.3 Å². The lowest BCUT2D eigenvalue weighted by Crippen LogP contribution is -2.30. The van der Waals surface area contributed by atoms with Gasteiger partial charge in [-0.3, -0.25) is 14.4 Å². The van der Waals surface area contributed by atoms with Crippen molar-refractivity contribution in [3.05, 3.63) is 0 Å². The van der Waals surface area contributed by atoms with Crippen molar-refractivity contribution in [2.75, 3.05) is 13.2 Å². The number of rotatable bonds is 47. The SMILES string of the molecule is CCCCCCCCCCCCCCCCC(=O)OC[C@H](COC(=O)CCCCCCCCCCC(C)CC)OC(=O)CCCCCCCCCCCCCCCC. The molecule has 0 rings (SSSR count). The van der Waals surface area contributed by atoms with Gasteiger partial charge in [0.05, 0.1) is 0 Å². The molecule has 344 valence electrons. The van der Waals surface area contributed by atoms with E-state index < -0.39 is 6.10 Å². The van der Waals surface area contributed by atoms with Crippen molar-refractivity contribution in [3.63, 3.8) is 0 Å². The van der Waals surface area contributed by atoms with Crippen molar-refractivity contribution in [1.29, 1.82) is 0 Å².